The summed E-state index contributed by atoms with van der Waals surface area (Å²) in [5.74, 6) is 0.797. The van der Waals surface area contributed by atoms with Crippen molar-refractivity contribution in [1.82, 2.24) is 5.32 Å². The summed E-state index contributed by atoms with van der Waals surface area (Å²) in [5, 5.41) is 11.9. The number of hydrogen-bond acceptors (Lipinski definition) is 2. The number of nitriles is 1. The van der Waals surface area contributed by atoms with Crippen molar-refractivity contribution in [2.75, 3.05) is 6.54 Å². The van der Waals surface area contributed by atoms with Gasteiger partial charge < -0.3 is 5.32 Å². The Bertz CT molecular complexity index is 156. The van der Waals surface area contributed by atoms with E-state index in [-0.39, 0.29) is 0 Å². The van der Waals surface area contributed by atoms with Crippen LogP contribution < -0.4 is 5.32 Å². The smallest absolute Gasteiger partial charge is 0.0621 e. The standard InChI is InChI=1S/C12H24N2/c1-4-12(5-2)11(3)14-10-8-6-7-9-13/h11-12,14H,4-8,10H2,1-3H3. The Morgan fingerprint density at radius 3 is 2.36 bits per heavy atom. The van der Waals surface area contributed by atoms with E-state index in [9.17, 15) is 0 Å². The predicted octanol–water partition coefficient (Wildman–Crippen LogP) is 3.09. The average Bonchev–Trinajstić information content (AvgIpc) is 2.19. The molecule has 0 rings (SSSR count). The largest absolute Gasteiger partial charge is 0.314 e. The summed E-state index contributed by atoms with van der Waals surface area (Å²) in [7, 11) is 0. The molecule has 0 bridgehead atoms. The fraction of sp³-hybridized carbons (Fsp3) is 0.917. The number of nitrogens with zero attached hydrogens (tertiary/aromatic N) is 1. The lowest BCUT2D eigenvalue weighted by atomic mass is 9.95. The second-order valence-electron chi connectivity index (χ2n) is 3.93. The first-order chi connectivity index (χ1) is 6.76. The quantitative estimate of drug-likeness (QED) is 0.605. The van der Waals surface area contributed by atoms with Gasteiger partial charge in [0, 0.05) is 12.5 Å². The second-order valence-corrected chi connectivity index (χ2v) is 3.93. The van der Waals surface area contributed by atoms with Crippen LogP contribution in [-0.2, 0) is 0 Å². The summed E-state index contributed by atoms with van der Waals surface area (Å²) >= 11 is 0. The van der Waals surface area contributed by atoms with Crippen LogP contribution in [0.2, 0.25) is 0 Å². The minimum atomic E-state index is 0.618. The second kappa shape index (κ2) is 9.02. The van der Waals surface area contributed by atoms with Gasteiger partial charge in [0.1, 0.15) is 0 Å². The van der Waals surface area contributed by atoms with Gasteiger partial charge >= 0.3 is 0 Å². The third kappa shape index (κ3) is 5.99. The molecule has 0 aromatic heterocycles. The van der Waals surface area contributed by atoms with Crippen LogP contribution in [0.15, 0.2) is 0 Å². The molecule has 0 aromatic rings. The molecule has 1 unspecified atom stereocenters. The Kier molecular flexibility index (Phi) is 8.67. The minimum absolute atomic E-state index is 0.618. The van der Waals surface area contributed by atoms with Gasteiger partial charge in [-0.2, -0.15) is 5.26 Å². The van der Waals surface area contributed by atoms with Crippen LogP contribution in [0.1, 0.15) is 52.9 Å². The molecule has 0 spiro atoms. The van der Waals surface area contributed by atoms with E-state index in [4.69, 9.17) is 5.26 Å². The Labute approximate surface area is 88.7 Å². The Morgan fingerprint density at radius 2 is 1.86 bits per heavy atom. The average molecular weight is 196 g/mol. The van der Waals surface area contributed by atoms with Gasteiger partial charge in [0.2, 0.25) is 0 Å². The zero-order chi connectivity index (χ0) is 10.8. The zero-order valence-corrected chi connectivity index (χ0v) is 9.84. The molecule has 0 saturated heterocycles. The van der Waals surface area contributed by atoms with Crippen LogP contribution >= 0.6 is 0 Å². The van der Waals surface area contributed by atoms with E-state index in [2.05, 4.69) is 32.2 Å². The highest BCUT2D eigenvalue weighted by atomic mass is 14.9. The summed E-state index contributed by atoms with van der Waals surface area (Å²) in [6, 6.07) is 2.79. The lowest BCUT2D eigenvalue weighted by Crippen LogP contribution is -2.33. The van der Waals surface area contributed by atoms with Gasteiger partial charge in [-0.25, -0.2) is 0 Å². The summed E-state index contributed by atoms with van der Waals surface area (Å²) in [6.45, 7) is 7.82. The fourth-order valence-electron chi connectivity index (χ4n) is 1.82. The van der Waals surface area contributed by atoms with Crippen LogP contribution in [-0.4, -0.2) is 12.6 Å². The molecule has 82 valence electrons. The van der Waals surface area contributed by atoms with Gasteiger partial charge in [-0.15, -0.1) is 0 Å². The summed E-state index contributed by atoms with van der Waals surface area (Å²) in [5.41, 5.74) is 0. The third-order valence-electron chi connectivity index (χ3n) is 2.94. The van der Waals surface area contributed by atoms with E-state index in [1.807, 2.05) is 0 Å². The lowest BCUT2D eigenvalue weighted by Gasteiger charge is -2.22. The van der Waals surface area contributed by atoms with E-state index >= 15 is 0 Å². The number of hydrogen-bond donors (Lipinski definition) is 1. The monoisotopic (exact) mass is 196 g/mol. The van der Waals surface area contributed by atoms with Gasteiger partial charge in [-0.3, -0.25) is 0 Å². The van der Waals surface area contributed by atoms with E-state index < -0.39 is 0 Å². The molecule has 14 heavy (non-hydrogen) atoms. The normalized spacial score (nSPS) is 12.8. The summed E-state index contributed by atoms with van der Waals surface area (Å²) in [6.07, 6.45) is 5.35. The Hall–Kier alpha value is -0.550. The van der Waals surface area contributed by atoms with Gasteiger partial charge in [-0.05, 0) is 32.2 Å². The Balaban J connectivity index is 3.43. The SMILES string of the molecule is CCC(CC)C(C)NCCCCC#N. The fourth-order valence-corrected chi connectivity index (χ4v) is 1.82. The van der Waals surface area contributed by atoms with Crippen molar-refractivity contribution in [2.45, 2.75) is 58.9 Å². The van der Waals surface area contributed by atoms with Gasteiger partial charge in [0.15, 0.2) is 0 Å². The van der Waals surface area contributed by atoms with Gasteiger partial charge in [0.25, 0.3) is 0 Å². The van der Waals surface area contributed by atoms with Crippen molar-refractivity contribution in [2.24, 2.45) is 5.92 Å². The first kappa shape index (κ1) is 13.4. The van der Waals surface area contributed by atoms with Crippen LogP contribution in [0.4, 0.5) is 0 Å². The number of unbranched alkanes of at least 4 members (excludes halogenated alkanes) is 2. The predicted molar refractivity (Wildman–Crippen MR) is 61.0 cm³/mol. The van der Waals surface area contributed by atoms with E-state index in [0.29, 0.717) is 12.5 Å². The molecule has 1 atom stereocenters. The van der Waals surface area contributed by atoms with Crippen molar-refractivity contribution < 1.29 is 0 Å². The topological polar surface area (TPSA) is 35.8 Å². The molecule has 0 fully saturated rings. The molecule has 0 aliphatic heterocycles. The maximum absolute atomic E-state index is 8.37. The highest BCUT2D eigenvalue weighted by Crippen LogP contribution is 2.12. The maximum atomic E-state index is 8.37. The van der Waals surface area contributed by atoms with Gasteiger partial charge in [0.05, 0.1) is 6.07 Å². The van der Waals surface area contributed by atoms with Crippen molar-refractivity contribution in [3.05, 3.63) is 0 Å². The van der Waals surface area contributed by atoms with Gasteiger partial charge in [-0.1, -0.05) is 26.7 Å². The van der Waals surface area contributed by atoms with E-state index in [1.54, 1.807) is 0 Å². The molecule has 0 aliphatic rings. The molecule has 0 heterocycles. The molecule has 0 radical (unpaired) electrons. The zero-order valence-electron chi connectivity index (χ0n) is 9.84. The van der Waals surface area contributed by atoms with E-state index in [0.717, 1.165) is 25.3 Å². The summed E-state index contributed by atoms with van der Waals surface area (Å²) in [4.78, 5) is 0. The van der Waals surface area contributed by atoms with Crippen LogP contribution in [0, 0.1) is 17.2 Å². The molecular formula is C12H24N2. The minimum Gasteiger partial charge on any atom is -0.314 e. The third-order valence-corrected chi connectivity index (χ3v) is 2.94. The molecule has 0 aliphatic carbocycles. The van der Waals surface area contributed by atoms with Crippen molar-refractivity contribution in [3.63, 3.8) is 0 Å². The van der Waals surface area contributed by atoms with Crippen LogP contribution in [0.25, 0.3) is 0 Å². The molecule has 0 aromatic carbocycles. The molecule has 0 amide bonds. The molecule has 1 N–H and O–H groups in total. The van der Waals surface area contributed by atoms with Crippen LogP contribution in [0.3, 0.4) is 0 Å². The molecule has 2 nitrogen and oxygen atoms in total. The van der Waals surface area contributed by atoms with Crippen molar-refractivity contribution in [1.29, 1.82) is 5.26 Å². The maximum Gasteiger partial charge on any atom is 0.0621 e. The highest BCUT2D eigenvalue weighted by molar-refractivity contribution is 4.71. The van der Waals surface area contributed by atoms with Crippen molar-refractivity contribution in [3.8, 4) is 6.07 Å². The summed E-state index contributed by atoms with van der Waals surface area (Å²) < 4.78 is 0. The number of rotatable bonds is 8. The van der Waals surface area contributed by atoms with Crippen molar-refractivity contribution >= 4 is 0 Å². The van der Waals surface area contributed by atoms with E-state index in [1.165, 1.54) is 12.8 Å². The first-order valence-electron chi connectivity index (χ1n) is 5.86. The Morgan fingerprint density at radius 1 is 1.21 bits per heavy atom. The molecule has 0 saturated carbocycles. The molecule has 2 heteroatoms. The molecular weight excluding hydrogens is 172 g/mol. The first-order valence-corrected chi connectivity index (χ1v) is 5.86. The lowest BCUT2D eigenvalue weighted by molar-refractivity contribution is 0.352. The van der Waals surface area contributed by atoms with Crippen LogP contribution in [0.5, 0.6) is 0 Å². The highest BCUT2D eigenvalue weighted by Gasteiger charge is 2.11. The number of nitrogens with one attached hydrogen (secondary N) is 1.